The van der Waals surface area contributed by atoms with Crippen LogP contribution in [0.1, 0.15) is 0 Å². The Hall–Kier alpha value is -1.25. The molecule has 0 bridgehead atoms. The maximum atomic E-state index is 10.1. The summed E-state index contributed by atoms with van der Waals surface area (Å²) in [6.07, 6.45) is 1.79. The monoisotopic (exact) mass is 207 g/mol. The van der Waals surface area contributed by atoms with Gasteiger partial charge in [-0.3, -0.25) is 0 Å². The number of para-hydroxylation sites is 2. The topological polar surface area (TPSA) is 38.7 Å². The molecule has 1 aliphatic heterocycles. The van der Waals surface area contributed by atoms with E-state index in [0.717, 1.165) is 11.5 Å². The normalized spacial score (nSPS) is 15.4. The van der Waals surface area contributed by atoms with E-state index in [1.165, 1.54) is 6.08 Å². The molecular weight excluding hydrogens is 198 g/mol. The van der Waals surface area contributed by atoms with Gasteiger partial charge in [0.05, 0.1) is 0 Å². The molecule has 3 nitrogen and oxygen atoms in total. The lowest BCUT2D eigenvalue weighted by molar-refractivity contribution is 0.241. The Bertz CT molecular complexity index is 370. The average Bonchev–Trinajstić information content (AvgIpc) is 2.14. The van der Waals surface area contributed by atoms with Gasteiger partial charge in [-0.15, -0.1) is 0 Å². The summed E-state index contributed by atoms with van der Waals surface area (Å²) in [5, 5.41) is 0. The number of hydrogen-bond donors (Lipinski definition) is 0. The van der Waals surface area contributed by atoms with Crippen molar-refractivity contribution >= 4 is 23.5 Å². The van der Waals surface area contributed by atoms with Gasteiger partial charge in [0.15, 0.2) is 0 Å². The van der Waals surface area contributed by atoms with Crippen molar-refractivity contribution < 1.29 is 9.53 Å². The highest BCUT2D eigenvalue weighted by Crippen LogP contribution is 2.30. The maximum absolute atomic E-state index is 10.1. The first-order valence-corrected chi connectivity index (χ1v) is 5.47. The molecule has 2 rings (SSSR count). The Morgan fingerprint density at radius 3 is 2.86 bits per heavy atom. The van der Waals surface area contributed by atoms with Crippen LogP contribution in [-0.2, 0) is 4.79 Å². The van der Waals surface area contributed by atoms with Crippen LogP contribution in [0.2, 0.25) is 0 Å². The minimum absolute atomic E-state index is 0.267. The summed E-state index contributed by atoms with van der Waals surface area (Å²) in [5.41, 5.74) is 0.555. The first-order valence-electron chi connectivity index (χ1n) is 4.31. The molecule has 1 fully saturated rings. The Labute approximate surface area is 86.2 Å². The summed E-state index contributed by atoms with van der Waals surface area (Å²) in [5.74, 6) is 2.69. The van der Waals surface area contributed by atoms with Crippen molar-refractivity contribution in [3.8, 4) is 5.75 Å². The van der Waals surface area contributed by atoms with Gasteiger partial charge in [-0.2, -0.15) is 16.8 Å². The highest BCUT2D eigenvalue weighted by atomic mass is 32.2. The second-order valence-corrected chi connectivity index (χ2v) is 4.02. The SMILES string of the molecule is O=C=Nc1ccccc1OC1CSC1. The van der Waals surface area contributed by atoms with Gasteiger partial charge in [0, 0.05) is 11.5 Å². The number of carbonyl (C=O) groups excluding carboxylic acids is 1. The molecule has 1 aromatic carbocycles. The van der Waals surface area contributed by atoms with Crippen LogP contribution in [0.5, 0.6) is 5.75 Å². The first-order chi connectivity index (χ1) is 6.90. The van der Waals surface area contributed by atoms with Crippen LogP contribution in [-0.4, -0.2) is 23.7 Å². The summed E-state index contributed by atoms with van der Waals surface area (Å²) in [6.45, 7) is 0. The fourth-order valence-corrected chi connectivity index (χ4v) is 1.72. The van der Waals surface area contributed by atoms with E-state index in [9.17, 15) is 4.79 Å². The number of hydrogen-bond acceptors (Lipinski definition) is 4. The van der Waals surface area contributed by atoms with E-state index in [2.05, 4.69) is 4.99 Å². The van der Waals surface area contributed by atoms with Crippen LogP contribution in [0.3, 0.4) is 0 Å². The van der Waals surface area contributed by atoms with Gasteiger partial charge < -0.3 is 4.74 Å². The number of ether oxygens (including phenoxy) is 1. The molecule has 0 N–H and O–H groups in total. The largest absolute Gasteiger partial charge is 0.486 e. The minimum atomic E-state index is 0.267. The van der Waals surface area contributed by atoms with E-state index in [0.29, 0.717) is 11.4 Å². The summed E-state index contributed by atoms with van der Waals surface area (Å²) in [4.78, 5) is 13.7. The number of rotatable bonds is 3. The van der Waals surface area contributed by atoms with Crippen LogP contribution in [0.25, 0.3) is 0 Å². The molecule has 1 aromatic rings. The van der Waals surface area contributed by atoms with Gasteiger partial charge in [0.1, 0.15) is 17.5 Å². The summed E-state index contributed by atoms with van der Waals surface area (Å²) < 4.78 is 5.64. The summed E-state index contributed by atoms with van der Waals surface area (Å²) in [6, 6.07) is 7.24. The predicted octanol–water partition coefficient (Wildman–Crippen LogP) is 2.15. The zero-order valence-corrected chi connectivity index (χ0v) is 8.29. The summed E-state index contributed by atoms with van der Waals surface area (Å²) in [7, 11) is 0. The molecule has 14 heavy (non-hydrogen) atoms. The van der Waals surface area contributed by atoms with Gasteiger partial charge in [0.25, 0.3) is 0 Å². The zero-order valence-electron chi connectivity index (χ0n) is 7.47. The lowest BCUT2D eigenvalue weighted by Crippen LogP contribution is -2.31. The third-order valence-corrected chi connectivity index (χ3v) is 3.15. The van der Waals surface area contributed by atoms with Gasteiger partial charge in [0.2, 0.25) is 6.08 Å². The Morgan fingerprint density at radius 2 is 2.21 bits per heavy atom. The van der Waals surface area contributed by atoms with Crippen molar-refractivity contribution in [1.82, 2.24) is 0 Å². The van der Waals surface area contributed by atoms with Crippen molar-refractivity contribution in [1.29, 1.82) is 0 Å². The highest BCUT2D eigenvalue weighted by Gasteiger charge is 2.20. The molecule has 0 aromatic heterocycles. The molecule has 72 valence electrons. The molecule has 1 heterocycles. The number of benzene rings is 1. The molecule has 0 spiro atoms. The van der Waals surface area contributed by atoms with Crippen LogP contribution in [0, 0.1) is 0 Å². The fourth-order valence-electron chi connectivity index (χ4n) is 1.16. The van der Waals surface area contributed by atoms with Crippen molar-refractivity contribution in [3.05, 3.63) is 24.3 Å². The van der Waals surface area contributed by atoms with Crippen molar-refractivity contribution in [2.75, 3.05) is 11.5 Å². The van der Waals surface area contributed by atoms with E-state index >= 15 is 0 Å². The quantitative estimate of drug-likeness (QED) is 0.563. The van der Waals surface area contributed by atoms with E-state index in [1.807, 2.05) is 30.0 Å². The third-order valence-electron chi connectivity index (χ3n) is 1.93. The lowest BCUT2D eigenvalue weighted by Gasteiger charge is -2.26. The predicted molar refractivity (Wildman–Crippen MR) is 56.0 cm³/mol. The van der Waals surface area contributed by atoms with Crippen LogP contribution in [0.4, 0.5) is 5.69 Å². The maximum Gasteiger partial charge on any atom is 0.240 e. The van der Waals surface area contributed by atoms with Crippen molar-refractivity contribution in [2.24, 2.45) is 4.99 Å². The number of isocyanates is 1. The number of aliphatic imine (C=N–C) groups is 1. The van der Waals surface area contributed by atoms with Gasteiger partial charge in [-0.05, 0) is 12.1 Å². The standard InChI is InChI=1S/C10H9NO2S/c12-7-11-9-3-1-2-4-10(9)13-8-5-14-6-8/h1-4,8H,5-6H2. The van der Waals surface area contributed by atoms with Gasteiger partial charge in [-0.25, -0.2) is 4.79 Å². The van der Waals surface area contributed by atoms with Crippen LogP contribution >= 0.6 is 11.8 Å². The van der Waals surface area contributed by atoms with Gasteiger partial charge in [-0.1, -0.05) is 12.1 Å². The fraction of sp³-hybridized carbons (Fsp3) is 0.300. The van der Waals surface area contributed by atoms with E-state index < -0.39 is 0 Å². The third kappa shape index (κ3) is 1.97. The zero-order chi connectivity index (χ0) is 9.80. The number of nitrogens with zero attached hydrogens (tertiary/aromatic N) is 1. The summed E-state index contributed by atoms with van der Waals surface area (Å²) >= 11 is 1.85. The van der Waals surface area contributed by atoms with Gasteiger partial charge >= 0.3 is 0 Å². The Morgan fingerprint density at radius 1 is 1.43 bits per heavy atom. The second kappa shape index (κ2) is 4.31. The molecule has 1 aliphatic rings. The molecule has 0 saturated carbocycles. The van der Waals surface area contributed by atoms with E-state index in [-0.39, 0.29) is 6.10 Å². The van der Waals surface area contributed by atoms with Crippen LogP contribution in [0.15, 0.2) is 29.3 Å². The Kier molecular flexibility index (Phi) is 2.87. The minimum Gasteiger partial charge on any atom is -0.486 e. The molecule has 0 unspecified atom stereocenters. The Balaban J connectivity index is 2.17. The highest BCUT2D eigenvalue weighted by molar-refractivity contribution is 8.00. The van der Waals surface area contributed by atoms with E-state index in [1.54, 1.807) is 6.07 Å². The number of thioether (sulfide) groups is 1. The average molecular weight is 207 g/mol. The van der Waals surface area contributed by atoms with Crippen LogP contribution < -0.4 is 4.74 Å². The first kappa shape index (κ1) is 9.31. The smallest absolute Gasteiger partial charge is 0.240 e. The molecule has 1 saturated heterocycles. The molecular formula is C10H9NO2S. The van der Waals surface area contributed by atoms with Crippen molar-refractivity contribution in [2.45, 2.75) is 6.10 Å². The molecule has 0 amide bonds. The van der Waals surface area contributed by atoms with E-state index in [4.69, 9.17) is 4.74 Å². The lowest BCUT2D eigenvalue weighted by atomic mass is 10.3. The molecule has 0 radical (unpaired) electrons. The van der Waals surface area contributed by atoms with Crippen molar-refractivity contribution in [3.63, 3.8) is 0 Å². The molecule has 4 heteroatoms. The molecule has 0 atom stereocenters. The second-order valence-electron chi connectivity index (χ2n) is 2.95. The molecule has 0 aliphatic carbocycles.